The molecule has 0 unspecified atom stereocenters. The Kier molecular flexibility index (Phi) is 7.60. The summed E-state index contributed by atoms with van der Waals surface area (Å²) in [7, 11) is 8.21. The Morgan fingerprint density at radius 2 is 1.44 bits per heavy atom. The largest absolute Gasteiger partial charge is 1.00 e. The Morgan fingerprint density at radius 3 is 2.00 bits per heavy atom. The van der Waals surface area contributed by atoms with E-state index in [1.165, 1.54) is 11.4 Å². The van der Waals surface area contributed by atoms with Gasteiger partial charge in [0.25, 0.3) is 0 Å². The first-order valence-electron chi connectivity index (χ1n) is 10.2. The summed E-state index contributed by atoms with van der Waals surface area (Å²) in [5, 5.41) is 0. The molecule has 1 aliphatic carbocycles. The van der Waals surface area contributed by atoms with Crippen molar-refractivity contribution in [3.63, 3.8) is 0 Å². The number of halogens is 2. The summed E-state index contributed by atoms with van der Waals surface area (Å²) in [5.41, 5.74) is 6.72. The number of anilines is 1. The van der Waals surface area contributed by atoms with E-state index in [0.717, 1.165) is 38.3 Å². The second-order valence-electron chi connectivity index (χ2n) is 7.93. The lowest BCUT2D eigenvalue weighted by molar-refractivity contribution is -0.462. The second-order valence-corrected chi connectivity index (χ2v) is 8.84. The number of nitrogens with zero attached hydrogens (tertiary/aromatic N) is 2. The molecule has 164 valence electrons. The highest BCUT2D eigenvalue weighted by Gasteiger charge is 2.17. The Balaban J connectivity index is 0.00000289. The van der Waals surface area contributed by atoms with Crippen LogP contribution in [-0.4, -0.2) is 38.5 Å². The van der Waals surface area contributed by atoms with Crippen molar-refractivity contribution in [1.82, 2.24) is 0 Å². The van der Waals surface area contributed by atoms with E-state index in [-0.39, 0.29) is 12.4 Å². The van der Waals surface area contributed by atoms with Gasteiger partial charge in [0.05, 0.1) is 0 Å². The van der Waals surface area contributed by atoms with Crippen molar-refractivity contribution in [3.05, 3.63) is 106 Å². The molecule has 1 heterocycles. The fourth-order valence-electron chi connectivity index (χ4n) is 3.55. The molecule has 0 amide bonds. The molecule has 0 spiro atoms. The van der Waals surface area contributed by atoms with Gasteiger partial charge in [0.1, 0.15) is 25.6 Å². The van der Waals surface area contributed by atoms with Crippen molar-refractivity contribution in [2.75, 3.05) is 33.1 Å². The van der Waals surface area contributed by atoms with E-state index in [0.29, 0.717) is 0 Å². The lowest BCUT2D eigenvalue weighted by Gasteiger charge is -2.15. The first-order valence-corrected chi connectivity index (χ1v) is 11.0. The monoisotopic (exact) mass is 508 g/mol. The number of allylic oxidation sites excluding steroid dienone is 5. The van der Waals surface area contributed by atoms with Gasteiger partial charge >= 0.3 is 0 Å². The molecule has 2 aromatic carbocycles. The Morgan fingerprint density at radius 1 is 0.812 bits per heavy atom. The van der Waals surface area contributed by atoms with Gasteiger partial charge in [0.2, 0.25) is 0 Å². The zero-order chi connectivity index (χ0) is 22.0. The van der Waals surface area contributed by atoms with Crippen molar-refractivity contribution >= 4 is 32.9 Å². The first-order chi connectivity index (χ1) is 14.9. The van der Waals surface area contributed by atoms with Crippen LogP contribution in [0.25, 0.3) is 16.9 Å². The maximum atomic E-state index is 6.36. The number of furan rings is 1. The molecule has 3 aromatic rings. The predicted molar refractivity (Wildman–Crippen MR) is 134 cm³/mol. The van der Waals surface area contributed by atoms with E-state index in [4.69, 9.17) is 4.42 Å². The molecule has 32 heavy (non-hydrogen) atoms. The molecule has 0 bridgehead atoms. The Labute approximate surface area is 204 Å². The average Bonchev–Trinajstić information content (AvgIpc) is 3.25. The maximum Gasteiger partial charge on any atom is 0.199 e. The van der Waals surface area contributed by atoms with Crippen molar-refractivity contribution in [2.24, 2.45) is 0 Å². The van der Waals surface area contributed by atoms with Crippen molar-refractivity contribution < 1.29 is 21.4 Å². The van der Waals surface area contributed by atoms with Gasteiger partial charge in [-0.1, -0.05) is 40.2 Å². The van der Waals surface area contributed by atoms with E-state index < -0.39 is 0 Å². The summed E-state index contributed by atoms with van der Waals surface area (Å²) in [6.45, 7) is 0. The van der Waals surface area contributed by atoms with Crippen LogP contribution in [0.4, 0.5) is 5.69 Å². The van der Waals surface area contributed by atoms with Crippen LogP contribution >= 0.6 is 15.9 Å². The third-order valence-electron chi connectivity index (χ3n) is 5.33. The van der Waals surface area contributed by atoms with Crippen LogP contribution in [0.5, 0.6) is 0 Å². The van der Waals surface area contributed by atoms with Crippen LogP contribution < -0.4 is 17.3 Å². The minimum Gasteiger partial charge on any atom is -1.00 e. The van der Waals surface area contributed by atoms with E-state index in [9.17, 15) is 0 Å². The summed E-state index contributed by atoms with van der Waals surface area (Å²) in [5.74, 6) is 1.71. The second kappa shape index (κ2) is 10.2. The molecular formula is C27H26BrClN2O. The van der Waals surface area contributed by atoms with E-state index in [1.54, 1.807) is 0 Å². The summed E-state index contributed by atoms with van der Waals surface area (Å²) in [6.07, 6.45) is 8.60. The Bertz CT molecular complexity index is 1190. The van der Waals surface area contributed by atoms with Crippen LogP contribution in [-0.2, 0) is 0 Å². The van der Waals surface area contributed by atoms with Crippen molar-refractivity contribution in [1.29, 1.82) is 0 Å². The molecular weight excluding hydrogens is 484 g/mol. The van der Waals surface area contributed by atoms with Gasteiger partial charge in [-0.15, -0.1) is 0 Å². The van der Waals surface area contributed by atoms with Crippen molar-refractivity contribution in [3.8, 4) is 11.3 Å². The topological polar surface area (TPSA) is 19.4 Å². The zero-order valence-corrected chi connectivity index (χ0v) is 21.0. The highest BCUT2D eigenvalue weighted by Crippen LogP contribution is 2.34. The van der Waals surface area contributed by atoms with Crippen molar-refractivity contribution in [2.45, 2.75) is 0 Å². The fraction of sp³-hybridized carbons (Fsp3) is 0.148. The standard InChI is InChI=1S/C27H26BrN2O.ClH/c1-29(2)23-13-7-20(8-14-23)27(21-9-15-24(16-10-21)30(3)4)26-18-17-25(31-26)19-5-11-22(28)12-6-19;/h5-18H,1-4H3;1H/q+1;/p-1. The fourth-order valence-corrected chi connectivity index (χ4v) is 3.81. The van der Waals surface area contributed by atoms with Crippen LogP contribution in [0, 0.1) is 0 Å². The van der Waals surface area contributed by atoms with Gasteiger partial charge in [-0.25, -0.2) is 4.58 Å². The van der Waals surface area contributed by atoms with Crippen LogP contribution in [0.2, 0.25) is 0 Å². The minimum absolute atomic E-state index is 0. The zero-order valence-electron chi connectivity index (χ0n) is 18.6. The average molecular weight is 510 g/mol. The molecule has 0 N–H and O–H groups in total. The first kappa shape index (κ1) is 23.8. The minimum atomic E-state index is 0. The smallest absolute Gasteiger partial charge is 0.199 e. The molecule has 5 heteroatoms. The molecule has 1 aromatic heterocycles. The molecule has 1 aliphatic rings. The molecule has 0 aliphatic heterocycles. The molecule has 0 saturated carbocycles. The number of hydrogen-bond acceptors (Lipinski definition) is 2. The highest BCUT2D eigenvalue weighted by atomic mass is 79.9. The lowest BCUT2D eigenvalue weighted by atomic mass is 9.94. The molecule has 3 nitrogen and oxygen atoms in total. The van der Waals surface area contributed by atoms with E-state index >= 15 is 0 Å². The summed E-state index contributed by atoms with van der Waals surface area (Å²) < 4.78 is 9.52. The molecule has 4 rings (SSSR count). The maximum absolute atomic E-state index is 6.36. The highest BCUT2D eigenvalue weighted by molar-refractivity contribution is 9.10. The van der Waals surface area contributed by atoms with Gasteiger partial charge < -0.3 is 21.7 Å². The number of rotatable bonds is 4. The van der Waals surface area contributed by atoms with E-state index in [1.807, 2.05) is 18.2 Å². The number of benzene rings is 2. The van der Waals surface area contributed by atoms with Gasteiger partial charge in [-0.2, -0.15) is 0 Å². The normalized spacial score (nSPS) is 12.5. The van der Waals surface area contributed by atoms with Gasteiger partial charge in [-0.05, 0) is 59.7 Å². The molecule has 0 saturated heterocycles. The molecule has 0 fully saturated rings. The van der Waals surface area contributed by atoms with Crippen LogP contribution in [0.15, 0.2) is 99.4 Å². The molecule has 0 atom stereocenters. The summed E-state index contributed by atoms with van der Waals surface area (Å²) >= 11 is 3.50. The summed E-state index contributed by atoms with van der Waals surface area (Å²) in [6, 6.07) is 20.9. The predicted octanol–water partition coefficient (Wildman–Crippen LogP) is 3.42. The third kappa shape index (κ3) is 5.14. The Hall–Kier alpha value is -2.82. The van der Waals surface area contributed by atoms with Crippen LogP contribution in [0.3, 0.4) is 0 Å². The summed E-state index contributed by atoms with van der Waals surface area (Å²) in [4.78, 5) is 2.11. The number of hydrogen-bond donors (Lipinski definition) is 0. The van der Waals surface area contributed by atoms with Gasteiger partial charge in [0.15, 0.2) is 5.71 Å². The quantitative estimate of drug-likeness (QED) is 0.502. The van der Waals surface area contributed by atoms with Gasteiger partial charge in [-0.3, -0.25) is 0 Å². The third-order valence-corrected chi connectivity index (χ3v) is 5.85. The van der Waals surface area contributed by atoms with E-state index in [2.05, 4.69) is 120 Å². The SMILES string of the molecule is CN(C)c1ccc(C(=C2C=CC(=[N+](C)C)C=C2)c2ccc(-c3ccc(Br)cc3)o2)cc1.[Cl-]. The van der Waals surface area contributed by atoms with Gasteiger partial charge in [0, 0.05) is 47.5 Å². The molecule has 0 radical (unpaired) electrons. The van der Waals surface area contributed by atoms with Crippen LogP contribution in [0.1, 0.15) is 11.3 Å². The lowest BCUT2D eigenvalue weighted by Crippen LogP contribution is -3.00.